The van der Waals surface area contributed by atoms with Crippen LogP contribution in [0.2, 0.25) is 0 Å². The normalized spacial score (nSPS) is 11.5. The number of hydrogen-bond donors (Lipinski definition) is 1. The standard InChI is InChI=1S/C17H17N3O2S2/c21-24(22,11-9-14-6-2-1-3-7-14)19-12-17-20-16(13-23-17)15-8-4-5-10-18-15/h1-8,10,13,19H,9,11-12H2. The van der Waals surface area contributed by atoms with Crippen LogP contribution in [0.25, 0.3) is 11.4 Å². The fraction of sp³-hybridized carbons (Fsp3) is 0.176. The van der Waals surface area contributed by atoms with Crippen LogP contribution in [0.4, 0.5) is 0 Å². The van der Waals surface area contributed by atoms with Crippen molar-refractivity contribution in [2.75, 3.05) is 5.75 Å². The van der Waals surface area contributed by atoms with Crippen molar-refractivity contribution in [1.29, 1.82) is 0 Å². The molecule has 0 saturated heterocycles. The first-order chi connectivity index (χ1) is 11.6. The molecule has 0 aliphatic rings. The second-order valence-electron chi connectivity index (χ2n) is 5.22. The van der Waals surface area contributed by atoms with Gasteiger partial charge in [0.1, 0.15) is 5.01 Å². The molecule has 124 valence electrons. The van der Waals surface area contributed by atoms with E-state index in [1.54, 1.807) is 6.20 Å². The van der Waals surface area contributed by atoms with E-state index >= 15 is 0 Å². The third-order valence-electron chi connectivity index (χ3n) is 3.42. The second-order valence-corrected chi connectivity index (χ2v) is 8.09. The molecule has 7 heteroatoms. The van der Waals surface area contributed by atoms with Gasteiger partial charge < -0.3 is 0 Å². The third kappa shape index (κ3) is 4.70. The minimum Gasteiger partial charge on any atom is -0.255 e. The summed E-state index contributed by atoms with van der Waals surface area (Å²) in [4.78, 5) is 8.67. The number of nitrogens with one attached hydrogen (secondary N) is 1. The summed E-state index contributed by atoms with van der Waals surface area (Å²) in [6.45, 7) is 0.203. The highest BCUT2D eigenvalue weighted by Crippen LogP contribution is 2.19. The van der Waals surface area contributed by atoms with E-state index in [4.69, 9.17) is 0 Å². The average Bonchev–Trinajstić information content (AvgIpc) is 3.09. The molecule has 0 spiro atoms. The zero-order valence-electron chi connectivity index (χ0n) is 12.9. The van der Waals surface area contributed by atoms with E-state index in [0.717, 1.165) is 22.0 Å². The van der Waals surface area contributed by atoms with E-state index in [0.29, 0.717) is 6.42 Å². The molecule has 0 amide bonds. The van der Waals surface area contributed by atoms with Gasteiger partial charge in [0.2, 0.25) is 10.0 Å². The van der Waals surface area contributed by atoms with Crippen molar-refractivity contribution in [3.05, 3.63) is 70.7 Å². The number of aromatic nitrogens is 2. The van der Waals surface area contributed by atoms with Crippen LogP contribution in [-0.2, 0) is 23.0 Å². The molecule has 3 aromatic rings. The van der Waals surface area contributed by atoms with Gasteiger partial charge in [-0.25, -0.2) is 18.1 Å². The number of thiazole rings is 1. The first kappa shape index (κ1) is 16.8. The van der Waals surface area contributed by atoms with E-state index in [1.165, 1.54) is 11.3 Å². The Morgan fingerprint density at radius 3 is 2.54 bits per heavy atom. The monoisotopic (exact) mass is 359 g/mol. The molecule has 0 saturated carbocycles. The molecule has 1 N–H and O–H groups in total. The topological polar surface area (TPSA) is 72.0 Å². The van der Waals surface area contributed by atoms with Gasteiger partial charge in [-0.3, -0.25) is 4.98 Å². The highest BCUT2D eigenvalue weighted by Gasteiger charge is 2.12. The van der Waals surface area contributed by atoms with Crippen molar-refractivity contribution >= 4 is 21.4 Å². The summed E-state index contributed by atoms with van der Waals surface area (Å²) < 4.78 is 26.8. The smallest absolute Gasteiger partial charge is 0.212 e. The predicted octanol–water partition coefficient (Wildman–Crippen LogP) is 2.87. The lowest BCUT2D eigenvalue weighted by Gasteiger charge is -2.05. The van der Waals surface area contributed by atoms with E-state index in [1.807, 2.05) is 53.9 Å². The number of sulfonamides is 1. The predicted molar refractivity (Wildman–Crippen MR) is 96.1 cm³/mol. The first-order valence-corrected chi connectivity index (χ1v) is 10.0. The Morgan fingerprint density at radius 2 is 1.79 bits per heavy atom. The van der Waals surface area contributed by atoms with E-state index < -0.39 is 10.0 Å². The maximum absolute atomic E-state index is 12.1. The van der Waals surface area contributed by atoms with Crippen LogP contribution in [0.3, 0.4) is 0 Å². The highest BCUT2D eigenvalue weighted by molar-refractivity contribution is 7.89. The molecular weight excluding hydrogens is 342 g/mol. The Morgan fingerprint density at radius 1 is 1.00 bits per heavy atom. The summed E-state index contributed by atoms with van der Waals surface area (Å²) in [6, 6.07) is 15.2. The van der Waals surface area contributed by atoms with Gasteiger partial charge in [0, 0.05) is 11.6 Å². The van der Waals surface area contributed by atoms with Crippen molar-refractivity contribution in [1.82, 2.24) is 14.7 Å². The van der Waals surface area contributed by atoms with Crippen LogP contribution < -0.4 is 4.72 Å². The SMILES string of the molecule is O=S(=O)(CCc1ccccc1)NCc1nc(-c2ccccn2)cs1. The Labute approximate surface area is 145 Å². The molecule has 0 aliphatic heterocycles. The number of nitrogens with zero attached hydrogens (tertiary/aromatic N) is 2. The minimum atomic E-state index is -3.33. The molecular formula is C17H17N3O2S2. The molecule has 0 atom stereocenters. The zero-order valence-corrected chi connectivity index (χ0v) is 14.6. The molecule has 3 rings (SSSR count). The van der Waals surface area contributed by atoms with Crippen LogP contribution in [0, 0.1) is 0 Å². The van der Waals surface area contributed by atoms with Crippen molar-refractivity contribution in [3.63, 3.8) is 0 Å². The molecule has 24 heavy (non-hydrogen) atoms. The average molecular weight is 359 g/mol. The van der Waals surface area contributed by atoms with Crippen molar-refractivity contribution in [2.24, 2.45) is 0 Å². The fourth-order valence-corrected chi connectivity index (χ4v) is 3.99. The second kappa shape index (κ2) is 7.65. The van der Waals surface area contributed by atoms with Gasteiger partial charge in [0.05, 0.1) is 23.7 Å². The van der Waals surface area contributed by atoms with Crippen molar-refractivity contribution < 1.29 is 8.42 Å². The van der Waals surface area contributed by atoms with Gasteiger partial charge in [0.25, 0.3) is 0 Å². The lowest BCUT2D eigenvalue weighted by Crippen LogP contribution is -2.26. The van der Waals surface area contributed by atoms with E-state index in [2.05, 4.69) is 14.7 Å². The van der Waals surface area contributed by atoms with E-state index in [-0.39, 0.29) is 12.3 Å². The van der Waals surface area contributed by atoms with Crippen LogP contribution >= 0.6 is 11.3 Å². The number of aryl methyl sites for hydroxylation is 1. The lowest BCUT2D eigenvalue weighted by atomic mass is 10.2. The summed E-state index contributed by atoms with van der Waals surface area (Å²) in [5.41, 5.74) is 2.56. The van der Waals surface area contributed by atoms with Crippen LogP contribution in [0.5, 0.6) is 0 Å². The first-order valence-electron chi connectivity index (χ1n) is 7.49. The van der Waals surface area contributed by atoms with Crippen LogP contribution in [0.1, 0.15) is 10.6 Å². The maximum atomic E-state index is 12.1. The van der Waals surface area contributed by atoms with Crippen molar-refractivity contribution in [2.45, 2.75) is 13.0 Å². The quantitative estimate of drug-likeness (QED) is 0.704. The van der Waals surface area contributed by atoms with Crippen molar-refractivity contribution in [3.8, 4) is 11.4 Å². The lowest BCUT2D eigenvalue weighted by molar-refractivity contribution is 0.580. The summed E-state index contributed by atoms with van der Waals surface area (Å²) >= 11 is 1.42. The minimum absolute atomic E-state index is 0.0650. The molecule has 0 bridgehead atoms. The van der Waals surface area contributed by atoms with E-state index in [9.17, 15) is 8.42 Å². The van der Waals surface area contributed by atoms with Crippen LogP contribution in [0.15, 0.2) is 60.1 Å². The highest BCUT2D eigenvalue weighted by atomic mass is 32.2. The van der Waals surface area contributed by atoms with Gasteiger partial charge in [0.15, 0.2) is 0 Å². The van der Waals surface area contributed by atoms with Gasteiger partial charge >= 0.3 is 0 Å². The zero-order chi connectivity index (χ0) is 16.8. The molecule has 2 aromatic heterocycles. The Balaban J connectivity index is 1.56. The molecule has 0 aliphatic carbocycles. The molecule has 2 heterocycles. The number of benzene rings is 1. The van der Waals surface area contributed by atoms with Crippen LogP contribution in [-0.4, -0.2) is 24.1 Å². The summed E-state index contributed by atoms with van der Waals surface area (Å²) in [6.07, 6.45) is 2.20. The molecule has 0 unspecified atom stereocenters. The maximum Gasteiger partial charge on any atom is 0.212 e. The largest absolute Gasteiger partial charge is 0.255 e. The van der Waals surface area contributed by atoms with Gasteiger partial charge in [-0.05, 0) is 24.1 Å². The summed E-state index contributed by atoms with van der Waals surface area (Å²) in [5.74, 6) is 0.0650. The molecule has 5 nitrogen and oxygen atoms in total. The third-order valence-corrected chi connectivity index (χ3v) is 5.60. The fourth-order valence-electron chi connectivity index (χ4n) is 2.16. The van der Waals surface area contributed by atoms with Gasteiger partial charge in [-0.15, -0.1) is 11.3 Å². The Bertz CT molecular complexity index is 878. The number of rotatable bonds is 7. The number of pyridine rings is 1. The number of hydrogen-bond acceptors (Lipinski definition) is 5. The van der Waals surface area contributed by atoms with Gasteiger partial charge in [-0.2, -0.15) is 0 Å². The molecule has 0 radical (unpaired) electrons. The van der Waals surface area contributed by atoms with Gasteiger partial charge in [-0.1, -0.05) is 36.4 Å². The summed E-state index contributed by atoms with van der Waals surface area (Å²) in [5, 5.41) is 2.61. The molecule has 1 aromatic carbocycles. The Hall–Kier alpha value is -2.09. The Kier molecular flexibility index (Phi) is 5.34. The summed E-state index contributed by atoms with van der Waals surface area (Å²) in [7, 11) is -3.33. The molecule has 0 fully saturated rings.